The van der Waals surface area contributed by atoms with Gasteiger partial charge in [0, 0.05) is 0 Å². The van der Waals surface area contributed by atoms with Crippen LogP contribution in [0.2, 0.25) is 0 Å². The molecule has 0 aliphatic heterocycles. The van der Waals surface area contributed by atoms with E-state index in [9.17, 15) is 0 Å². The minimum Gasteiger partial charge on any atom is -0.501 e. The standard InChI is InChI=1S/C12H16O/c1-9-7-5-6-8-12(9)10(2)11(3)13-4/h5-8H,1-4H3/b11-10+. The highest BCUT2D eigenvalue weighted by Gasteiger charge is 2.02. The predicted molar refractivity (Wildman–Crippen MR) is 56.5 cm³/mol. The topological polar surface area (TPSA) is 9.23 Å². The van der Waals surface area contributed by atoms with Crippen LogP contribution in [0, 0.1) is 6.92 Å². The molecule has 0 aliphatic rings. The first kappa shape index (κ1) is 9.85. The zero-order valence-corrected chi connectivity index (χ0v) is 8.72. The van der Waals surface area contributed by atoms with Gasteiger partial charge in [-0.15, -0.1) is 0 Å². The van der Waals surface area contributed by atoms with Crippen LogP contribution in [0.3, 0.4) is 0 Å². The minimum absolute atomic E-state index is 0.981. The number of benzene rings is 1. The molecule has 0 saturated heterocycles. The van der Waals surface area contributed by atoms with E-state index < -0.39 is 0 Å². The van der Waals surface area contributed by atoms with Gasteiger partial charge >= 0.3 is 0 Å². The zero-order valence-electron chi connectivity index (χ0n) is 8.72. The van der Waals surface area contributed by atoms with Crippen molar-refractivity contribution in [3.8, 4) is 0 Å². The third kappa shape index (κ3) is 2.11. The van der Waals surface area contributed by atoms with Crippen molar-refractivity contribution in [3.63, 3.8) is 0 Å². The number of allylic oxidation sites excluding steroid dienone is 2. The predicted octanol–water partition coefficient (Wildman–Crippen LogP) is 3.39. The zero-order chi connectivity index (χ0) is 9.84. The van der Waals surface area contributed by atoms with Crippen LogP contribution in [0.5, 0.6) is 0 Å². The molecule has 0 radical (unpaired) electrons. The van der Waals surface area contributed by atoms with E-state index in [1.807, 2.05) is 13.0 Å². The Labute approximate surface area is 80.0 Å². The van der Waals surface area contributed by atoms with Gasteiger partial charge in [-0.3, -0.25) is 0 Å². The fraction of sp³-hybridized carbons (Fsp3) is 0.333. The van der Waals surface area contributed by atoms with Crippen molar-refractivity contribution in [3.05, 3.63) is 41.2 Å². The number of rotatable bonds is 2. The van der Waals surface area contributed by atoms with Gasteiger partial charge < -0.3 is 4.74 Å². The van der Waals surface area contributed by atoms with Crippen LogP contribution in [0.25, 0.3) is 5.57 Å². The highest BCUT2D eigenvalue weighted by atomic mass is 16.5. The lowest BCUT2D eigenvalue weighted by Crippen LogP contribution is -1.90. The van der Waals surface area contributed by atoms with Crippen molar-refractivity contribution in [2.75, 3.05) is 7.11 Å². The van der Waals surface area contributed by atoms with Gasteiger partial charge in [0.1, 0.15) is 0 Å². The maximum absolute atomic E-state index is 5.20. The van der Waals surface area contributed by atoms with Gasteiger partial charge in [-0.1, -0.05) is 24.3 Å². The summed E-state index contributed by atoms with van der Waals surface area (Å²) in [7, 11) is 1.71. The second-order valence-electron chi connectivity index (χ2n) is 3.20. The highest BCUT2D eigenvalue weighted by molar-refractivity contribution is 5.67. The maximum Gasteiger partial charge on any atom is 0.0959 e. The van der Waals surface area contributed by atoms with Crippen LogP contribution in [0.15, 0.2) is 30.0 Å². The van der Waals surface area contributed by atoms with Gasteiger partial charge in [-0.2, -0.15) is 0 Å². The summed E-state index contributed by atoms with van der Waals surface area (Å²) in [6, 6.07) is 8.33. The molecule has 1 heteroatoms. The molecule has 0 spiro atoms. The third-order valence-electron chi connectivity index (χ3n) is 2.38. The average molecular weight is 176 g/mol. The third-order valence-corrected chi connectivity index (χ3v) is 2.38. The lowest BCUT2D eigenvalue weighted by molar-refractivity contribution is 0.295. The molecule has 0 amide bonds. The Morgan fingerprint density at radius 1 is 1.15 bits per heavy atom. The molecular weight excluding hydrogens is 160 g/mol. The molecule has 0 N–H and O–H groups in total. The molecular formula is C12H16O. The average Bonchev–Trinajstić information content (AvgIpc) is 2.16. The Morgan fingerprint density at radius 3 is 2.31 bits per heavy atom. The van der Waals surface area contributed by atoms with E-state index in [0.717, 1.165) is 5.76 Å². The first-order valence-corrected chi connectivity index (χ1v) is 4.44. The summed E-state index contributed by atoms with van der Waals surface area (Å²) in [6.45, 7) is 6.19. The highest BCUT2D eigenvalue weighted by Crippen LogP contribution is 2.21. The first-order valence-electron chi connectivity index (χ1n) is 4.44. The summed E-state index contributed by atoms with van der Waals surface area (Å²) >= 11 is 0. The molecule has 0 aromatic heterocycles. The van der Waals surface area contributed by atoms with Gasteiger partial charge in [-0.05, 0) is 37.5 Å². The molecule has 0 unspecified atom stereocenters. The fourth-order valence-corrected chi connectivity index (χ4v) is 1.34. The maximum atomic E-state index is 5.20. The smallest absolute Gasteiger partial charge is 0.0959 e. The summed E-state index contributed by atoms with van der Waals surface area (Å²) in [6.07, 6.45) is 0. The molecule has 0 atom stereocenters. The molecule has 0 aliphatic carbocycles. The number of ether oxygens (including phenoxy) is 1. The van der Waals surface area contributed by atoms with Gasteiger partial charge in [0.05, 0.1) is 12.9 Å². The second kappa shape index (κ2) is 4.13. The Bertz CT molecular complexity index is 324. The van der Waals surface area contributed by atoms with Gasteiger partial charge in [-0.25, -0.2) is 0 Å². The molecule has 0 bridgehead atoms. The van der Waals surface area contributed by atoms with Crippen LogP contribution in [0.4, 0.5) is 0 Å². The van der Waals surface area contributed by atoms with Crippen molar-refractivity contribution < 1.29 is 4.74 Å². The van der Waals surface area contributed by atoms with Crippen molar-refractivity contribution in [2.24, 2.45) is 0 Å². The molecule has 0 saturated carbocycles. The Balaban J connectivity index is 3.16. The van der Waals surface area contributed by atoms with E-state index in [4.69, 9.17) is 4.74 Å². The van der Waals surface area contributed by atoms with Crippen LogP contribution < -0.4 is 0 Å². The second-order valence-corrected chi connectivity index (χ2v) is 3.20. The van der Waals surface area contributed by atoms with Crippen molar-refractivity contribution >= 4 is 5.57 Å². The quantitative estimate of drug-likeness (QED) is 0.627. The van der Waals surface area contributed by atoms with E-state index in [-0.39, 0.29) is 0 Å². The van der Waals surface area contributed by atoms with E-state index in [1.165, 1.54) is 16.7 Å². The normalized spacial score (nSPS) is 12.3. The summed E-state index contributed by atoms with van der Waals surface area (Å²) in [5.74, 6) is 0.981. The summed E-state index contributed by atoms with van der Waals surface area (Å²) < 4.78 is 5.20. The molecule has 13 heavy (non-hydrogen) atoms. The number of methoxy groups -OCH3 is 1. The SMILES string of the molecule is CO/C(C)=C(\C)c1ccccc1C. The number of hydrogen-bond donors (Lipinski definition) is 0. The van der Waals surface area contributed by atoms with Crippen molar-refractivity contribution in [1.82, 2.24) is 0 Å². The molecule has 70 valence electrons. The number of hydrogen-bond acceptors (Lipinski definition) is 1. The monoisotopic (exact) mass is 176 g/mol. The van der Waals surface area contributed by atoms with Crippen molar-refractivity contribution in [2.45, 2.75) is 20.8 Å². The first-order chi connectivity index (χ1) is 6.16. The molecule has 1 aromatic carbocycles. The van der Waals surface area contributed by atoms with E-state index in [1.54, 1.807) is 7.11 Å². The van der Waals surface area contributed by atoms with Crippen LogP contribution in [-0.2, 0) is 4.74 Å². The van der Waals surface area contributed by atoms with E-state index in [0.29, 0.717) is 0 Å². The van der Waals surface area contributed by atoms with E-state index in [2.05, 4.69) is 32.0 Å². The fourth-order valence-electron chi connectivity index (χ4n) is 1.34. The summed E-state index contributed by atoms with van der Waals surface area (Å²) in [5.41, 5.74) is 3.76. The molecule has 1 nitrogen and oxygen atoms in total. The molecule has 0 fully saturated rings. The van der Waals surface area contributed by atoms with Gasteiger partial charge in [0.2, 0.25) is 0 Å². The van der Waals surface area contributed by atoms with E-state index >= 15 is 0 Å². The number of aryl methyl sites for hydroxylation is 1. The minimum atomic E-state index is 0.981. The van der Waals surface area contributed by atoms with Crippen molar-refractivity contribution in [1.29, 1.82) is 0 Å². The largest absolute Gasteiger partial charge is 0.501 e. The van der Waals surface area contributed by atoms with Gasteiger partial charge in [0.15, 0.2) is 0 Å². The Hall–Kier alpha value is -1.24. The molecule has 0 heterocycles. The molecule has 1 rings (SSSR count). The van der Waals surface area contributed by atoms with Crippen LogP contribution >= 0.6 is 0 Å². The van der Waals surface area contributed by atoms with Crippen LogP contribution in [0.1, 0.15) is 25.0 Å². The Morgan fingerprint density at radius 2 is 1.77 bits per heavy atom. The molecule has 1 aromatic rings. The lowest BCUT2D eigenvalue weighted by atomic mass is 10.0. The van der Waals surface area contributed by atoms with Gasteiger partial charge in [0.25, 0.3) is 0 Å². The lowest BCUT2D eigenvalue weighted by Gasteiger charge is -2.09. The van der Waals surface area contributed by atoms with Crippen LogP contribution in [-0.4, -0.2) is 7.11 Å². The summed E-state index contributed by atoms with van der Waals surface area (Å²) in [5, 5.41) is 0. The summed E-state index contributed by atoms with van der Waals surface area (Å²) in [4.78, 5) is 0. The Kier molecular flexibility index (Phi) is 3.13.